The average molecular weight is 230 g/mol. The van der Waals surface area contributed by atoms with Gasteiger partial charge in [0.1, 0.15) is 11.6 Å². The number of nitrogens with two attached hydrogens (primary N) is 1. The van der Waals surface area contributed by atoms with Crippen LogP contribution in [-0.4, -0.2) is 16.0 Å². The Bertz CT molecular complexity index is 559. The standard InChI is InChI=1S/C12H14N4O/c1-7-3-4-10(9(5-7)12(13)14)17-11-6-8(2)15-16-11/h3-6H,1-2H3,(H3,13,14)(H,15,16). The molecule has 2 rings (SSSR count). The van der Waals surface area contributed by atoms with Gasteiger partial charge in [0.05, 0.1) is 5.56 Å². The van der Waals surface area contributed by atoms with Crippen LogP contribution in [0.5, 0.6) is 11.6 Å². The van der Waals surface area contributed by atoms with Crippen molar-refractivity contribution >= 4 is 5.84 Å². The monoisotopic (exact) mass is 230 g/mol. The van der Waals surface area contributed by atoms with E-state index in [0.29, 0.717) is 17.2 Å². The fourth-order valence-electron chi connectivity index (χ4n) is 1.50. The number of benzene rings is 1. The Morgan fingerprint density at radius 3 is 2.71 bits per heavy atom. The lowest BCUT2D eigenvalue weighted by molar-refractivity contribution is 0.460. The highest BCUT2D eigenvalue weighted by Gasteiger charge is 2.09. The summed E-state index contributed by atoms with van der Waals surface area (Å²) in [6, 6.07) is 7.29. The van der Waals surface area contributed by atoms with Crippen LogP contribution in [0.2, 0.25) is 0 Å². The summed E-state index contributed by atoms with van der Waals surface area (Å²) in [5.41, 5.74) is 8.03. The maximum atomic E-state index is 7.51. The molecule has 0 aliphatic heterocycles. The van der Waals surface area contributed by atoms with Crippen LogP contribution in [0.25, 0.3) is 0 Å². The largest absolute Gasteiger partial charge is 0.437 e. The number of ether oxygens (including phenoxy) is 1. The second-order valence-electron chi connectivity index (χ2n) is 3.90. The lowest BCUT2D eigenvalue weighted by atomic mass is 10.1. The average Bonchev–Trinajstić information content (AvgIpc) is 2.66. The molecule has 0 fully saturated rings. The van der Waals surface area contributed by atoms with Crippen LogP contribution in [-0.2, 0) is 0 Å². The van der Waals surface area contributed by atoms with E-state index in [9.17, 15) is 0 Å². The maximum absolute atomic E-state index is 7.51. The summed E-state index contributed by atoms with van der Waals surface area (Å²) in [6.45, 7) is 3.83. The topological polar surface area (TPSA) is 87.8 Å². The van der Waals surface area contributed by atoms with E-state index in [2.05, 4.69) is 10.2 Å². The molecule has 0 radical (unpaired) electrons. The molecule has 0 aliphatic rings. The third-order valence-corrected chi connectivity index (χ3v) is 2.32. The third-order valence-electron chi connectivity index (χ3n) is 2.32. The second kappa shape index (κ2) is 4.29. The minimum Gasteiger partial charge on any atom is -0.437 e. The number of nitrogens with one attached hydrogen (secondary N) is 2. The van der Waals surface area contributed by atoms with Crippen LogP contribution in [0.4, 0.5) is 0 Å². The molecular weight excluding hydrogens is 216 g/mol. The van der Waals surface area contributed by atoms with E-state index in [1.54, 1.807) is 12.1 Å². The Balaban J connectivity index is 2.35. The number of nitrogen functional groups attached to an aromatic ring is 1. The molecule has 0 saturated heterocycles. The fraction of sp³-hybridized carbons (Fsp3) is 0.167. The zero-order valence-electron chi connectivity index (χ0n) is 9.74. The summed E-state index contributed by atoms with van der Waals surface area (Å²) in [4.78, 5) is 0. The summed E-state index contributed by atoms with van der Waals surface area (Å²) in [7, 11) is 0. The minimum atomic E-state index is -0.0176. The highest BCUT2D eigenvalue weighted by atomic mass is 16.5. The number of hydrogen-bond acceptors (Lipinski definition) is 3. The Labute approximate surface area is 99.1 Å². The highest BCUT2D eigenvalue weighted by Crippen LogP contribution is 2.24. The molecule has 0 saturated carbocycles. The SMILES string of the molecule is Cc1ccc(Oc2cc(C)[nH]n2)c(C(=N)N)c1. The number of aromatic amines is 1. The van der Waals surface area contributed by atoms with Crippen molar-refractivity contribution < 1.29 is 4.74 Å². The third kappa shape index (κ3) is 2.44. The molecule has 17 heavy (non-hydrogen) atoms. The molecule has 0 atom stereocenters. The number of aromatic nitrogens is 2. The van der Waals surface area contributed by atoms with Crippen molar-refractivity contribution in [3.05, 3.63) is 41.1 Å². The molecule has 0 unspecified atom stereocenters. The van der Waals surface area contributed by atoms with E-state index in [-0.39, 0.29) is 5.84 Å². The predicted octanol–water partition coefficient (Wildman–Crippen LogP) is 2.10. The fourth-order valence-corrected chi connectivity index (χ4v) is 1.50. The van der Waals surface area contributed by atoms with Gasteiger partial charge in [-0.2, -0.15) is 0 Å². The first-order valence-corrected chi connectivity index (χ1v) is 5.21. The van der Waals surface area contributed by atoms with E-state index in [4.69, 9.17) is 15.9 Å². The van der Waals surface area contributed by atoms with Gasteiger partial charge < -0.3 is 10.5 Å². The van der Waals surface area contributed by atoms with Crippen molar-refractivity contribution in [2.45, 2.75) is 13.8 Å². The second-order valence-corrected chi connectivity index (χ2v) is 3.90. The number of nitrogens with zero attached hydrogens (tertiary/aromatic N) is 1. The zero-order valence-corrected chi connectivity index (χ0v) is 9.74. The predicted molar refractivity (Wildman–Crippen MR) is 65.6 cm³/mol. The summed E-state index contributed by atoms with van der Waals surface area (Å²) < 4.78 is 5.58. The lowest BCUT2D eigenvalue weighted by Gasteiger charge is -2.08. The molecule has 1 aromatic carbocycles. The van der Waals surface area contributed by atoms with E-state index >= 15 is 0 Å². The molecule has 0 aliphatic carbocycles. The molecule has 0 bridgehead atoms. The van der Waals surface area contributed by atoms with E-state index in [1.807, 2.05) is 26.0 Å². The van der Waals surface area contributed by atoms with Gasteiger partial charge >= 0.3 is 0 Å². The van der Waals surface area contributed by atoms with Crippen molar-refractivity contribution in [2.75, 3.05) is 0 Å². The van der Waals surface area contributed by atoms with Gasteiger partial charge in [-0.1, -0.05) is 11.6 Å². The van der Waals surface area contributed by atoms with Gasteiger partial charge in [-0.3, -0.25) is 10.5 Å². The maximum Gasteiger partial charge on any atom is 0.238 e. The summed E-state index contributed by atoms with van der Waals surface area (Å²) in [6.07, 6.45) is 0. The van der Waals surface area contributed by atoms with Gasteiger partial charge in [0.25, 0.3) is 0 Å². The van der Waals surface area contributed by atoms with Gasteiger partial charge in [0.15, 0.2) is 0 Å². The van der Waals surface area contributed by atoms with Crippen molar-refractivity contribution in [1.29, 1.82) is 5.41 Å². The van der Waals surface area contributed by atoms with Crippen molar-refractivity contribution in [3.8, 4) is 11.6 Å². The number of aryl methyl sites for hydroxylation is 2. The normalized spacial score (nSPS) is 10.2. The molecule has 0 amide bonds. The molecule has 1 heterocycles. The van der Waals surface area contributed by atoms with Crippen LogP contribution in [0.1, 0.15) is 16.8 Å². The molecule has 4 N–H and O–H groups in total. The Morgan fingerprint density at radius 2 is 2.12 bits per heavy atom. The van der Waals surface area contributed by atoms with Gasteiger partial charge in [-0.25, -0.2) is 0 Å². The molecule has 0 spiro atoms. The first-order chi connectivity index (χ1) is 8.06. The van der Waals surface area contributed by atoms with Gasteiger partial charge in [0, 0.05) is 11.8 Å². The Hall–Kier alpha value is -2.30. The molecular formula is C12H14N4O. The molecule has 2 aromatic rings. The molecule has 88 valence electrons. The first kappa shape index (κ1) is 11.2. The Morgan fingerprint density at radius 1 is 1.35 bits per heavy atom. The summed E-state index contributed by atoms with van der Waals surface area (Å²) in [5.74, 6) is 0.986. The molecule has 5 nitrogen and oxygen atoms in total. The van der Waals surface area contributed by atoms with Crippen LogP contribution in [0.3, 0.4) is 0 Å². The van der Waals surface area contributed by atoms with Gasteiger partial charge in [-0.15, -0.1) is 5.10 Å². The number of H-pyrrole nitrogens is 1. The minimum absolute atomic E-state index is 0.0176. The van der Waals surface area contributed by atoms with Gasteiger partial charge in [0.2, 0.25) is 5.88 Å². The summed E-state index contributed by atoms with van der Waals surface area (Å²) in [5, 5.41) is 14.3. The van der Waals surface area contributed by atoms with Crippen LogP contribution in [0.15, 0.2) is 24.3 Å². The summed E-state index contributed by atoms with van der Waals surface area (Å²) >= 11 is 0. The van der Waals surface area contributed by atoms with E-state index < -0.39 is 0 Å². The lowest BCUT2D eigenvalue weighted by Crippen LogP contribution is -2.12. The van der Waals surface area contributed by atoms with Crippen LogP contribution in [0, 0.1) is 19.3 Å². The van der Waals surface area contributed by atoms with Crippen molar-refractivity contribution in [2.24, 2.45) is 5.73 Å². The van der Waals surface area contributed by atoms with Crippen LogP contribution < -0.4 is 10.5 Å². The number of amidine groups is 1. The zero-order chi connectivity index (χ0) is 12.4. The first-order valence-electron chi connectivity index (χ1n) is 5.21. The number of rotatable bonds is 3. The Kier molecular flexibility index (Phi) is 2.82. The molecule has 5 heteroatoms. The highest BCUT2D eigenvalue weighted by molar-refractivity contribution is 5.97. The van der Waals surface area contributed by atoms with Crippen molar-refractivity contribution in [3.63, 3.8) is 0 Å². The van der Waals surface area contributed by atoms with Crippen LogP contribution >= 0.6 is 0 Å². The number of hydrogen-bond donors (Lipinski definition) is 3. The van der Waals surface area contributed by atoms with E-state index in [0.717, 1.165) is 11.3 Å². The van der Waals surface area contributed by atoms with Gasteiger partial charge in [-0.05, 0) is 26.0 Å². The quantitative estimate of drug-likeness (QED) is 0.557. The van der Waals surface area contributed by atoms with Crippen molar-refractivity contribution in [1.82, 2.24) is 10.2 Å². The smallest absolute Gasteiger partial charge is 0.238 e. The van der Waals surface area contributed by atoms with E-state index in [1.165, 1.54) is 0 Å². The molecule has 1 aromatic heterocycles.